The van der Waals surface area contributed by atoms with E-state index < -0.39 is 5.54 Å². The third-order valence-electron chi connectivity index (χ3n) is 5.14. The van der Waals surface area contributed by atoms with E-state index in [-0.39, 0.29) is 0 Å². The van der Waals surface area contributed by atoms with Gasteiger partial charge in [-0.05, 0) is 29.8 Å². The van der Waals surface area contributed by atoms with Gasteiger partial charge in [0, 0.05) is 11.8 Å². The van der Waals surface area contributed by atoms with Gasteiger partial charge >= 0.3 is 0 Å². The molecule has 27 heavy (non-hydrogen) atoms. The molecule has 4 heterocycles. The highest BCUT2D eigenvalue weighted by atomic mass is 16.3. The van der Waals surface area contributed by atoms with Crippen molar-refractivity contribution in [1.82, 2.24) is 4.90 Å². The molecule has 1 atom stereocenters. The Balaban J connectivity index is 1.73. The van der Waals surface area contributed by atoms with Gasteiger partial charge in [-0.1, -0.05) is 48.5 Å². The number of fused-ring (bicyclic) bond motifs is 2. The van der Waals surface area contributed by atoms with Gasteiger partial charge in [-0.2, -0.15) is 0 Å². The Kier molecular flexibility index (Phi) is 2.75. The van der Waals surface area contributed by atoms with Crippen LogP contribution in [-0.2, 0) is 5.54 Å². The van der Waals surface area contributed by atoms with Crippen molar-refractivity contribution < 1.29 is 4.42 Å². The molecule has 0 saturated heterocycles. The minimum Gasteiger partial charge on any atom is -0.466 e. The fourth-order valence-electron chi connectivity index (χ4n) is 3.97. The van der Waals surface area contributed by atoms with Crippen LogP contribution in [0, 0.1) is 0 Å². The summed E-state index contributed by atoms with van der Waals surface area (Å²) in [4.78, 5) is 16.7. The maximum Gasteiger partial charge on any atom is 0.232 e. The van der Waals surface area contributed by atoms with Crippen LogP contribution >= 0.6 is 0 Å². The first-order valence-electron chi connectivity index (χ1n) is 8.80. The van der Waals surface area contributed by atoms with Gasteiger partial charge in [0.05, 0.1) is 17.6 Å². The number of allylic oxidation sites excluding steroid dienone is 1. The summed E-state index contributed by atoms with van der Waals surface area (Å²) in [6.45, 7) is 0. The average Bonchev–Trinajstić information content (AvgIpc) is 3.37. The summed E-state index contributed by atoms with van der Waals surface area (Å²) < 4.78 is 5.87. The molecule has 1 unspecified atom stereocenters. The lowest BCUT2D eigenvalue weighted by Crippen LogP contribution is -2.42. The van der Waals surface area contributed by atoms with E-state index in [1.165, 1.54) is 0 Å². The SMILES string of the molecule is C1=NC2=NC(c3ccccc3)(c3ccco3)C3=Nc4ccccc4C(=C1)N23. The topological polar surface area (TPSA) is 53.5 Å². The van der Waals surface area contributed by atoms with Gasteiger partial charge in [0.15, 0.2) is 5.84 Å². The van der Waals surface area contributed by atoms with Crippen LogP contribution in [-0.4, -0.2) is 22.9 Å². The molecular weight excluding hydrogens is 336 g/mol. The fraction of sp³-hybridized carbons (Fsp3) is 0.0455. The second-order valence-electron chi connectivity index (χ2n) is 6.58. The summed E-state index contributed by atoms with van der Waals surface area (Å²) >= 11 is 0. The maximum atomic E-state index is 5.87. The largest absolute Gasteiger partial charge is 0.466 e. The molecular formula is C22H14N4O. The third-order valence-corrected chi connectivity index (χ3v) is 5.14. The second-order valence-corrected chi connectivity index (χ2v) is 6.58. The van der Waals surface area contributed by atoms with Crippen molar-refractivity contribution in [2.45, 2.75) is 5.54 Å². The van der Waals surface area contributed by atoms with Crippen molar-refractivity contribution in [3.63, 3.8) is 0 Å². The Morgan fingerprint density at radius 3 is 2.59 bits per heavy atom. The smallest absolute Gasteiger partial charge is 0.232 e. The Morgan fingerprint density at radius 2 is 1.74 bits per heavy atom. The number of furan rings is 1. The Bertz CT molecular complexity index is 1170. The van der Waals surface area contributed by atoms with Crippen molar-refractivity contribution in [2.24, 2.45) is 15.0 Å². The molecule has 6 rings (SSSR count). The number of nitrogens with zero attached hydrogens (tertiary/aromatic N) is 4. The number of guanidine groups is 1. The molecule has 3 aromatic rings. The van der Waals surface area contributed by atoms with E-state index in [1.807, 2.05) is 59.5 Å². The van der Waals surface area contributed by atoms with Crippen LogP contribution in [0.5, 0.6) is 0 Å². The van der Waals surface area contributed by atoms with Crippen molar-refractivity contribution >= 4 is 29.4 Å². The molecule has 0 spiro atoms. The molecule has 5 heteroatoms. The summed E-state index contributed by atoms with van der Waals surface area (Å²) in [6.07, 6.45) is 5.48. The maximum absolute atomic E-state index is 5.87. The van der Waals surface area contributed by atoms with Crippen molar-refractivity contribution in [1.29, 1.82) is 0 Å². The number of aliphatic imine (C=N–C) groups is 3. The molecule has 0 fully saturated rings. The highest BCUT2D eigenvalue weighted by molar-refractivity contribution is 6.23. The predicted molar refractivity (Wildman–Crippen MR) is 105 cm³/mol. The van der Waals surface area contributed by atoms with Crippen molar-refractivity contribution in [3.05, 3.63) is 96.0 Å². The first kappa shape index (κ1) is 14.4. The minimum absolute atomic E-state index is 0.626. The predicted octanol–water partition coefficient (Wildman–Crippen LogP) is 4.36. The van der Waals surface area contributed by atoms with Crippen LogP contribution < -0.4 is 0 Å². The summed E-state index contributed by atoms with van der Waals surface area (Å²) in [5.74, 6) is 2.14. The lowest BCUT2D eigenvalue weighted by Gasteiger charge is -2.33. The normalized spacial score (nSPS) is 21.9. The van der Waals surface area contributed by atoms with E-state index in [0.717, 1.165) is 34.1 Å². The zero-order chi connectivity index (χ0) is 17.8. The number of rotatable bonds is 2. The van der Waals surface area contributed by atoms with Gasteiger partial charge in [-0.15, -0.1) is 0 Å². The van der Waals surface area contributed by atoms with Crippen LogP contribution in [0.1, 0.15) is 16.9 Å². The van der Waals surface area contributed by atoms with Crippen LogP contribution in [0.4, 0.5) is 5.69 Å². The first-order valence-corrected chi connectivity index (χ1v) is 8.80. The standard InChI is InChI=1S/C22H14N4O/c1-2-7-15(8-3-1)22(19-11-6-14-27-19)20-24-17-10-5-4-9-16(17)18-12-13-23-21(25-22)26(18)20/h1-14H. The van der Waals surface area contributed by atoms with Gasteiger partial charge in [-0.25, -0.2) is 15.0 Å². The number of para-hydroxylation sites is 1. The Morgan fingerprint density at radius 1 is 0.889 bits per heavy atom. The molecule has 0 bridgehead atoms. The molecule has 0 saturated carbocycles. The number of hydrogen-bond acceptors (Lipinski definition) is 5. The first-order chi connectivity index (χ1) is 13.4. The van der Waals surface area contributed by atoms with Crippen molar-refractivity contribution in [3.8, 4) is 0 Å². The zero-order valence-electron chi connectivity index (χ0n) is 14.3. The Labute approximate surface area is 155 Å². The summed E-state index contributed by atoms with van der Waals surface area (Å²) in [5.41, 5.74) is 3.16. The summed E-state index contributed by atoms with van der Waals surface area (Å²) in [5, 5.41) is 0. The van der Waals surface area contributed by atoms with E-state index in [2.05, 4.69) is 23.2 Å². The molecule has 0 N–H and O–H groups in total. The molecule has 5 nitrogen and oxygen atoms in total. The molecule has 3 aliphatic heterocycles. The van der Waals surface area contributed by atoms with Gasteiger partial charge in [0.2, 0.25) is 11.5 Å². The summed E-state index contributed by atoms with van der Waals surface area (Å²) in [7, 11) is 0. The number of amidine groups is 1. The monoisotopic (exact) mass is 350 g/mol. The molecule has 0 aliphatic carbocycles. The van der Waals surface area contributed by atoms with Crippen LogP contribution in [0.15, 0.2) is 98.5 Å². The van der Waals surface area contributed by atoms with Gasteiger partial charge in [0.25, 0.3) is 0 Å². The quantitative estimate of drug-likeness (QED) is 0.689. The van der Waals surface area contributed by atoms with Crippen LogP contribution in [0.25, 0.3) is 5.70 Å². The molecule has 0 radical (unpaired) electrons. The summed E-state index contributed by atoms with van der Waals surface area (Å²) in [6, 6.07) is 22.1. The van der Waals surface area contributed by atoms with E-state index in [1.54, 1.807) is 12.5 Å². The van der Waals surface area contributed by atoms with Crippen molar-refractivity contribution in [2.75, 3.05) is 0 Å². The Hall–Kier alpha value is -3.73. The molecule has 2 aromatic carbocycles. The molecule has 128 valence electrons. The lowest BCUT2D eigenvalue weighted by atomic mass is 9.85. The van der Waals surface area contributed by atoms with Gasteiger partial charge < -0.3 is 4.42 Å². The van der Waals surface area contributed by atoms with E-state index in [0.29, 0.717) is 5.96 Å². The van der Waals surface area contributed by atoms with Gasteiger partial charge in [0.1, 0.15) is 5.76 Å². The minimum atomic E-state index is -0.867. The average molecular weight is 350 g/mol. The van der Waals surface area contributed by atoms with E-state index in [9.17, 15) is 0 Å². The number of hydrogen-bond donors (Lipinski definition) is 0. The number of benzene rings is 2. The molecule has 3 aliphatic rings. The van der Waals surface area contributed by atoms with Crippen LogP contribution in [0.3, 0.4) is 0 Å². The van der Waals surface area contributed by atoms with Crippen LogP contribution in [0.2, 0.25) is 0 Å². The fourth-order valence-corrected chi connectivity index (χ4v) is 3.97. The van der Waals surface area contributed by atoms with Gasteiger partial charge in [-0.3, -0.25) is 4.90 Å². The highest BCUT2D eigenvalue weighted by Crippen LogP contribution is 2.48. The zero-order valence-corrected chi connectivity index (χ0v) is 14.3. The lowest BCUT2D eigenvalue weighted by molar-refractivity contribution is 0.458. The van der Waals surface area contributed by atoms with E-state index >= 15 is 0 Å². The second kappa shape index (κ2) is 5.14. The molecule has 1 aromatic heterocycles. The molecule has 0 amide bonds. The third kappa shape index (κ3) is 1.80. The highest BCUT2D eigenvalue weighted by Gasteiger charge is 2.54. The van der Waals surface area contributed by atoms with E-state index in [4.69, 9.17) is 14.4 Å².